The average Bonchev–Trinajstić information content (AvgIpc) is 3.08. The molecule has 5 heteroatoms. The molecule has 1 saturated heterocycles. The first kappa shape index (κ1) is 18.8. The van der Waals surface area contributed by atoms with E-state index in [1.165, 1.54) is 17.1 Å². The molecule has 3 aromatic rings. The van der Waals surface area contributed by atoms with Gasteiger partial charge in [0.1, 0.15) is 0 Å². The van der Waals surface area contributed by atoms with Gasteiger partial charge in [-0.1, -0.05) is 48.0 Å². The molecule has 0 bridgehead atoms. The van der Waals surface area contributed by atoms with Crippen molar-refractivity contribution >= 4 is 34.3 Å². The summed E-state index contributed by atoms with van der Waals surface area (Å²) in [5, 5.41) is 1.32. The second kappa shape index (κ2) is 7.80. The lowest BCUT2D eigenvalue weighted by molar-refractivity contribution is 0.0692. The molecule has 4 nitrogen and oxygen atoms in total. The van der Waals surface area contributed by atoms with Crippen molar-refractivity contribution in [1.82, 2.24) is 9.47 Å². The van der Waals surface area contributed by atoms with Gasteiger partial charge >= 0.3 is 0 Å². The van der Waals surface area contributed by atoms with E-state index in [2.05, 4.69) is 24.3 Å². The number of benzene rings is 2. The largest absolute Gasteiger partial charge is 0.339 e. The van der Waals surface area contributed by atoms with Gasteiger partial charge in [-0.15, -0.1) is 0 Å². The van der Waals surface area contributed by atoms with E-state index in [1.54, 1.807) is 18.3 Å². The summed E-state index contributed by atoms with van der Waals surface area (Å²) in [6.45, 7) is 2.98. The summed E-state index contributed by atoms with van der Waals surface area (Å²) in [4.78, 5) is 27.1. The van der Waals surface area contributed by atoms with Crippen LogP contribution in [0.4, 0.5) is 0 Å². The molecule has 0 unspecified atom stereocenters. The molecule has 1 aromatic heterocycles. The van der Waals surface area contributed by atoms with Crippen LogP contribution in [0.1, 0.15) is 40.5 Å². The summed E-state index contributed by atoms with van der Waals surface area (Å²) in [7, 11) is 0. The number of likely N-dealkylation sites (tertiary alicyclic amines) is 1. The Bertz CT molecular complexity index is 1020. The van der Waals surface area contributed by atoms with Crippen LogP contribution in [0.25, 0.3) is 10.9 Å². The highest BCUT2D eigenvalue weighted by atomic mass is 35.5. The van der Waals surface area contributed by atoms with Crippen LogP contribution in [0.15, 0.2) is 54.7 Å². The average molecular weight is 395 g/mol. The van der Waals surface area contributed by atoms with Crippen LogP contribution in [0, 0.1) is 5.92 Å². The first-order valence-electron chi connectivity index (χ1n) is 9.67. The molecule has 0 N–H and O–H groups in total. The van der Waals surface area contributed by atoms with Crippen LogP contribution in [0.3, 0.4) is 0 Å². The SMILES string of the molecule is CC(=O)n1cc(C(=O)N2CCC(Cc3ccccc3)CC2)c2ccc(Cl)cc21. The molecule has 1 amide bonds. The fourth-order valence-corrected chi connectivity index (χ4v) is 4.26. The van der Waals surface area contributed by atoms with Crippen LogP contribution in [0.2, 0.25) is 5.02 Å². The zero-order valence-corrected chi connectivity index (χ0v) is 16.7. The topological polar surface area (TPSA) is 42.3 Å². The third-order valence-electron chi connectivity index (χ3n) is 5.61. The highest BCUT2D eigenvalue weighted by Gasteiger charge is 2.26. The number of piperidine rings is 1. The van der Waals surface area contributed by atoms with Crippen molar-refractivity contribution in [1.29, 1.82) is 0 Å². The van der Waals surface area contributed by atoms with E-state index in [-0.39, 0.29) is 11.8 Å². The molecule has 4 rings (SSSR count). The van der Waals surface area contributed by atoms with Crippen molar-refractivity contribution in [2.45, 2.75) is 26.2 Å². The van der Waals surface area contributed by atoms with Gasteiger partial charge in [0.2, 0.25) is 5.91 Å². The van der Waals surface area contributed by atoms with Crippen molar-refractivity contribution in [3.05, 3.63) is 70.9 Å². The Morgan fingerprint density at radius 1 is 1.07 bits per heavy atom. The van der Waals surface area contributed by atoms with Gasteiger partial charge in [-0.2, -0.15) is 0 Å². The third kappa shape index (κ3) is 3.69. The smallest absolute Gasteiger partial charge is 0.256 e. The number of carbonyl (C=O) groups is 2. The molecular formula is C23H23ClN2O2. The molecular weight excluding hydrogens is 372 g/mol. The van der Waals surface area contributed by atoms with E-state index in [4.69, 9.17) is 11.6 Å². The van der Waals surface area contributed by atoms with Gasteiger partial charge < -0.3 is 4.90 Å². The van der Waals surface area contributed by atoms with Gasteiger partial charge in [0.25, 0.3) is 5.91 Å². The highest BCUT2D eigenvalue weighted by molar-refractivity contribution is 6.31. The van der Waals surface area contributed by atoms with Gasteiger partial charge in [-0.3, -0.25) is 14.2 Å². The van der Waals surface area contributed by atoms with Gasteiger partial charge in [-0.05, 0) is 42.9 Å². The first-order valence-corrected chi connectivity index (χ1v) is 10.1. The molecule has 0 atom stereocenters. The summed E-state index contributed by atoms with van der Waals surface area (Å²) in [5.74, 6) is 0.460. The van der Waals surface area contributed by atoms with Crippen LogP contribution >= 0.6 is 11.6 Å². The third-order valence-corrected chi connectivity index (χ3v) is 5.84. The lowest BCUT2D eigenvalue weighted by Crippen LogP contribution is -2.38. The molecule has 28 heavy (non-hydrogen) atoms. The van der Waals surface area contributed by atoms with E-state index in [9.17, 15) is 9.59 Å². The first-order chi connectivity index (χ1) is 13.5. The number of aromatic nitrogens is 1. The fourth-order valence-electron chi connectivity index (χ4n) is 4.09. The monoisotopic (exact) mass is 394 g/mol. The van der Waals surface area contributed by atoms with Crippen molar-refractivity contribution in [2.75, 3.05) is 13.1 Å². The second-order valence-electron chi connectivity index (χ2n) is 7.52. The molecule has 144 valence electrons. The minimum atomic E-state index is -0.132. The number of carbonyl (C=O) groups excluding carboxylic acids is 2. The molecule has 1 aliphatic heterocycles. The van der Waals surface area contributed by atoms with E-state index >= 15 is 0 Å². The number of hydrogen-bond acceptors (Lipinski definition) is 2. The lowest BCUT2D eigenvalue weighted by atomic mass is 9.90. The lowest BCUT2D eigenvalue weighted by Gasteiger charge is -2.32. The van der Waals surface area contributed by atoms with Crippen molar-refractivity contribution in [3.63, 3.8) is 0 Å². The number of amides is 1. The number of fused-ring (bicyclic) bond motifs is 1. The fraction of sp³-hybridized carbons (Fsp3) is 0.304. The Kier molecular flexibility index (Phi) is 5.23. The molecule has 1 fully saturated rings. The number of hydrogen-bond donors (Lipinski definition) is 0. The van der Waals surface area contributed by atoms with Crippen molar-refractivity contribution < 1.29 is 9.59 Å². The zero-order valence-electron chi connectivity index (χ0n) is 15.9. The predicted molar refractivity (Wildman–Crippen MR) is 112 cm³/mol. The maximum atomic E-state index is 13.2. The van der Waals surface area contributed by atoms with Crippen molar-refractivity contribution in [2.24, 2.45) is 5.92 Å². The van der Waals surface area contributed by atoms with Crippen LogP contribution < -0.4 is 0 Å². The van der Waals surface area contributed by atoms with E-state index in [1.807, 2.05) is 17.0 Å². The predicted octanol–water partition coefficient (Wildman–Crippen LogP) is 5.05. The molecule has 2 aromatic carbocycles. The van der Waals surface area contributed by atoms with Crippen molar-refractivity contribution in [3.8, 4) is 0 Å². The molecule has 2 heterocycles. The Balaban J connectivity index is 1.51. The van der Waals surface area contributed by atoms with Gasteiger partial charge in [0.05, 0.1) is 11.1 Å². The Morgan fingerprint density at radius 3 is 2.46 bits per heavy atom. The maximum Gasteiger partial charge on any atom is 0.256 e. The Morgan fingerprint density at radius 2 is 1.79 bits per heavy atom. The summed E-state index contributed by atoms with van der Waals surface area (Å²) in [6, 6.07) is 15.8. The molecule has 0 radical (unpaired) electrons. The molecule has 0 spiro atoms. The number of rotatable bonds is 3. The second-order valence-corrected chi connectivity index (χ2v) is 7.96. The standard InChI is InChI=1S/C23H23ClN2O2/c1-16(27)26-15-21(20-8-7-19(24)14-22(20)26)23(28)25-11-9-18(10-12-25)13-17-5-3-2-4-6-17/h2-8,14-15,18H,9-13H2,1H3. The zero-order chi connectivity index (χ0) is 19.7. The minimum absolute atomic E-state index is 0.00881. The molecule has 1 aliphatic rings. The van der Waals surface area contributed by atoms with E-state index in [0.29, 0.717) is 22.0 Å². The van der Waals surface area contributed by atoms with Crippen LogP contribution in [0.5, 0.6) is 0 Å². The minimum Gasteiger partial charge on any atom is -0.339 e. The van der Waals surface area contributed by atoms with Crippen LogP contribution in [-0.4, -0.2) is 34.4 Å². The normalized spacial score (nSPS) is 15.1. The quantitative estimate of drug-likeness (QED) is 0.623. The van der Waals surface area contributed by atoms with Gasteiger partial charge in [-0.25, -0.2) is 0 Å². The highest BCUT2D eigenvalue weighted by Crippen LogP contribution is 2.28. The Labute approximate surface area is 169 Å². The number of nitrogens with zero attached hydrogens (tertiary/aromatic N) is 2. The molecule has 0 saturated carbocycles. The van der Waals surface area contributed by atoms with Gasteiger partial charge in [0.15, 0.2) is 0 Å². The summed E-state index contributed by atoms with van der Waals surface area (Å²) >= 11 is 6.10. The molecule has 0 aliphatic carbocycles. The summed E-state index contributed by atoms with van der Waals surface area (Å²) < 4.78 is 1.51. The summed E-state index contributed by atoms with van der Waals surface area (Å²) in [6.07, 6.45) is 4.71. The Hall–Kier alpha value is -2.59. The van der Waals surface area contributed by atoms with E-state index < -0.39 is 0 Å². The van der Waals surface area contributed by atoms with E-state index in [0.717, 1.165) is 37.7 Å². The maximum absolute atomic E-state index is 13.2. The summed E-state index contributed by atoms with van der Waals surface area (Å²) in [5.41, 5.74) is 2.61. The van der Waals surface area contributed by atoms with Gasteiger partial charge in [0, 0.05) is 36.6 Å². The number of halogens is 1. The van der Waals surface area contributed by atoms with Crippen LogP contribution in [-0.2, 0) is 6.42 Å².